The van der Waals surface area contributed by atoms with Crippen molar-refractivity contribution in [3.8, 4) is 5.75 Å². The van der Waals surface area contributed by atoms with E-state index in [4.69, 9.17) is 4.74 Å². The van der Waals surface area contributed by atoms with Gasteiger partial charge in [0.25, 0.3) is 0 Å². The van der Waals surface area contributed by atoms with Crippen molar-refractivity contribution >= 4 is 10.0 Å². The molecule has 0 fully saturated rings. The highest BCUT2D eigenvalue weighted by molar-refractivity contribution is 7.89. The van der Waals surface area contributed by atoms with Crippen LogP contribution in [0.5, 0.6) is 5.75 Å². The van der Waals surface area contributed by atoms with Crippen molar-refractivity contribution in [2.75, 3.05) is 12.4 Å². The molecule has 0 aliphatic carbocycles. The van der Waals surface area contributed by atoms with Crippen LogP contribution in [-0.2, 0) is 29.5 Å². The lowest BCUT2D eigenvalue weighted by Gasteiger charge is -2.15. The second kappa shape index (κ2) is 7.14. The first kappa shape index (κ1) is 16.0. The molecule has 0 saturated carbocycles. The minimum atomic E-state index is -3.37. The maximum absolute atomic E-state index is 12.1. The quantitative estimate of drug-likeness (QED) is 0.836. The third-order valence-corrected chi connectivity index (χ3v) is 5.20. The number of para-hydroxylation sites is 1. The van der Waals surface area contributed by atoms with Gasteiger partial charge >= 0.3 is 0 Å². The number of hydrogen-bond acceptors (Lipinski definition) is 4. The number of nitrogens with zero attached hydrogens (tertiary/aromatic N) is 2. The molecule has 1 aliphatic heterocycles. The number of sulfonamides is 1. The minimum Gasteiger partial charge on any atom is -0.492 e. The summed E-state index contributed by atoms with van der Waals surface area (Å²) in [6.07, 6.45) is 5.00. The second-order valence-electron chi connectivity index (χ2n) is 5.60. The topological polar surface area (TPSA) is 73.2 Å². The Kier molecular flexibility index (Phi) is 4.97. The lowest BCUT2D eigenvalue weighted by atomic mass is 10.1. The molecular formula is C16H21N3O3S. The van der Waals surface area contributed by atoms with E-state index in [-0.39, 0.29) is 12.4 Å². The van der Waals surface area contributed by atoms with Gasteiger partial charge in [0, 0.05) is 24.3 Å². The summed E-state index contributed by atoms with van der Waals surface area (Å²) in [5.74, 6) is 0.610. The summed E-state index contributed by atoms with van der Waals surface area (Å²) in [6, 6.07) is 9.20. The number of aromatic nitrogens is 2. The third-order valence-electron chi connectivity index (χ3n) is 3.92. The van der Waals surface area contributed by atoms with E-state index in [1.165, 1.54) is 0 Å². The van der Waals surface area contributed by atoms with Crippen LogP contribution in [0.1, 0.15) is 24.1 Å². The number of hydrogen-bond donors (Lipinski definition) is 1. The van der Waals surface area contributed by atoms with Gasteiger partial charge in [0.15, 0.2) is 0 Å². The SMILES string of the molecule is O=S(=O)(CCOc1ccccc1)NCc1cnn2c1CCCC2. The second-order valence-corrected chi connectivity index (χ2v) is 7.52. The van der Waals surface area contributed by atoms with Gasteiger partial charge in [0.05, 0.1) is 11.9 Å². The first-order valence-electron chi connectivity index (χ1n) is 7.83. The molecule has 0 unspecified atom stereocenters. The summed E-state index contributed by atoms with van der Waals surface area (Å²) >= 11 is 0. The molecule has 0 spiro atoms. The predicted octanol–water partition coefficient (Wildman–Crippen LogP) is 1.72. The fraction of sp³-hybridized carbons (Fsp3) is 0.438. The van der Waals surface area contributed by atoms with Crippen molar-refractivity contribution in [1.82, 2.24) is 14.5 Å². The Hall–Kier alpha value is -1.86. The van der Waals surface area contributed by atoms with E-state index in [0.717, 1.165) is 37.1 Å². The number of nitrogens with one attached hydrogen (secondary N) is 1. The summed E-state index contributed by atoms with van der Waals surface area (Å²) in [7, 11) is -3.37. The van der Waals surface area contributed by atoms with E-state index >= 15 is 0 Å². The van der Waals surface area contributed by atoms with Crippen molar-refractivity contribution in [2.45, 2.75) is 32.4 Å². The summed E-state index contributed by atoms with van der Waals surface area (Å²) < 4.78 is 34.2. The van der Waals surface area contributed by atoms with Crippen molar-refractivity contribution in [3.63, 3.8) is 0 Å². The van der Waals surface area contributed by atoms with Crippen LogP contribution in [0.2, 0.25) is 0 Å². The Bertz CT molecular complexity index is 741. The number of benzene rings is 1. The molecule has 0 radical (unpaired) electrons. The van der Waals surface area contributed by atoms with Crippen molar-refractivity contribution in [1.29, 1.82) is 0 Å². The maximum Gasteiger partial charge on any atom is 0.215 e. The minimum absolute atomic E-state index is 0.0641. The number of fused-ring (bicyclic) bond motifs is 1. The molecule has 0 atom stereocenters. The average molecular weight is 335 g/mol. The lowest BCUT2D eigenvalue weighted by Crippen LogP contribution is -2.29. The van der Waals surface area contributed by atoms with Crippen LogP contribution in [0, 0.1) is 0 Å². The summed E-state index contributed by atoms with van der Waals surface area (Å²) in [5, 5.41) is 4.32. The zero-order chi connectivity index (χ0) is 16.1. The number of aryl methyl sites for hydroxylation is 1. The number of rotatable bonds is 7. The predicted molar refractivity (Wildman–Crippen MR) is 87.7 cm³/mol. The summed E-state index contributed by atoms with van der Waals surface area (Å²) in [6.45, 7) is 1.35. The normalized spacial score (nSPS) is 14.4. The van der Waals surface area contributed by atoms with Gasteiger partial charge in [-0.1, -0.05) is 18.2 Å². The Labute approximate surface area is 136 Å². The largest absolute Gasteiger partial charge is 0.492 e. The molecule has 124 valence electrons. The fourth-order valence-corrected chi connectivity index (χ4v) is 3.50. The van der Waals surface area contributed by atoms with E-state index in [2.05, 4.69) is 9.82 Å². The average Bonchev–Trinajstić information content (AvgIpc) is 2.97. The molecule has 1 aromatic heterocycles. The van der Waals surface area contributed by atoms with Crippen LogP contribution in [0.15, 0.2) is 36.5 Å². The van der Waals surface area contributed by atoms with Gasteiger partial charge < -0.3 is 4.74 Å². The van der Waals surface area contributed by atoms with Crippen LogP contribution in [0.25, 0.3) is 0 Å². The molecule has 0 saturated heterocycles. The molecular weight excluding hydrogens is 314 g/mol. The van der Waals surface area contributed by atoms with E-state index in [9.17, 15) is 8.42 Å². The van der Waals surface area contributed by atoms with Gasteiger partial charge in [-0.2, -0.15) is 5.10 Å². The highest BCUT2D eigenvalue weighted by Crippen LogP contribution is 2.18. The molecule has 7 heteroatoms. The van der Waals surface area contributed by atoms with Gasteiger partial charge in [-0.3, -0.25) is 4.68 Å². The monoisotopic (exact) mass is 335 g/mol. The molecule has 6 nitrogen and oxygen atoms in total. The molecule has 1 aliphatic rings. The molecule has 1 N–H and O–H groups in total. The first-order chi connectivity index (χ1) is 11.1. The van der Waals surface area contributed by atoms with E-state index in [1.54, 1.807) is 18.3 Å². The van der Waals surface area contributed by atoms with Gasteiger partial charge in [0.2, 0.25) is 10.0 Å². The van der Waals surface area contributed by atoms with Gasteiger partial charge in [0.1, 0.15) is 12.4 Å². The molecule has 2 heterocycles. The molecule has 3 rings (SSSR count). The van der Waals surface area contributed by atoms with Crippen LogP contribution < -0.4 is 9.46 Å². The van der Waals surface area contributed by atoms with Crippen molar-refractivity contribution in [2.24, 2.45) is 0 Å². The van der Waals surface area contributed by atoms with E-state index in [1.807, 2.05) is 22.9 Å². The standard InChI is InChI=1S/C16H21N3O3S/c20-23(21,11-10-22-15-6-2-1-3-7-15)18-13-14-12-17-19-9-5-4-8-16(14)19/h1-3,6-7,12,18H,4-5,8-11,13H2. The number of ether oxygens (including phenoxy) is 1. The maximum atomic E-state index is 12.1. The van der Waals surface area contributed by atoms with Gasteiger partial charge in [-0.25, -0.2) is 13.1 Å². The lowest BCUT2D eigenvalue weighted by molar-refractivity contribution is 0.340. The smallest absolute Gasteiger partial charge is 0.215 e. The highest BCUT2D eigenvalue weighted by atomic mass is 32.2. The van der Waals surface area contributed by atoms with Crippen LogP contribution in [0.3, 0.4) is 0 Å². The van der Waals surface area contributed by atoms with Crippen molar-refractivity contribution < 1.29 is 13.2 Å². The Morgan fingerprint density at radius 2 is 2.04 bits per heavy atom. The fourth-order valence-electron chi connectivity index (χ4n) is 2.68. The van der Waals surface area contributed by atoms with E-state index in [0.29, 0.717) is 12.3 Å². The Balaban J connectivity index is 1.50. The highest BCUT2D eigenvalue weighted by Gasteiger charge is 2.17. The van der Waals surface area contributed by atoms with Crippen LogP contribution in [-0.4, -0.2) is 30.6 Å². The van der Waals surface area contributed by atoms with Gasteiger partial charge in [-0.15, -0.1) is 0 Å². The Morgan fingerprint density at radius 3 is 2.87 bits per heavy atom. The molecule has 1 aromatic carbocycles. The molecule has 23 heavy (non-hydrogen) atoms. The zero-order valence-corrected chi connectivity index (χ0v) is 13.8. The summed E-state index contributed by atoms with van der Waals surface area (Å²) in [5.41, 5.74) is 2.12. The molecule has 0 amide bonds. The zero-order valence-electron chi connectivity index (χ0n) is 12.9. The van der Waals surface area contributed by atoms with Gasteiger partial charge in [-0.05, 0) is 31.4 Å². The molecule has 0 bridgehead atoms. The Morgan fingerprint density at radius 1 is 1.22 bits per heavy atom. The van der Waals surface area contributed by atoms with Crippen LogP contribution >= 0.6 is 0 Å². The summed E-state index contributed by atoms with van der Waals surface area (Å²) in [4.78, 5) is 0. The first-order valence-corrected chi connectivity index (χ1v) is 9.48. The van der Waals surface area contributed by atoms with Crippen LogP contribution in [0.4, 0.5) is 0 Å². The molecule has 2 aromatic rings. The van der Waals surface area contributed by atoms with E-state index < -0.39 is 10.0 Å². The van der Waals surface area contributed by atoms with Crippen molar-refractivity contribution in [3.05, 3.63) is 47.8 Å². The third kappa shape index (κ3) is 4.33.